The van der Waals surface area contributed by atoms with E-state index in [1.807, 2.05) is 0 Å². The predicted octanol–water partition coefficient (Wildman–Crippen LogP) is 0.305. The van der Waals surface area contributed by atoms with Gasteiger partial charge in [0.15, 0.2) is 5.58 Å². The lowest BCUT2D eigenvalue weighted by atomic mass is 10.2. The van der Waals surface area contributed by atoms with E-state index in [0.29, 0.717) is 16.8 Å². The highest BCUT2D eigenvalue weighted by Gasteiger charge is 2.26. The molecule has 0 aliphatic carbocycles. The maximum Gasteiger partial charge on any atom is 0.316 e. The largest absolute Gasteiger partial charge is 0.428 e. The van der Waals surface area contributed by atoms with Crippen molar-refractivity contribution in [3.63, 3.8) is 0 Å². The van der Waals surface area contributed by atoms with Gasteiger partial charge in [-0.3, -0.25) is 4.79 Å². The van der Waals surface area contributed by atoms with Gasteiger partial charge in [0.25, 0.3) is 0 Å². The number of hydrogen-bond donors (Lipinski definition) is 2. The molecule has 8 heteroatoms. The summed E-state index contributed by atoms with van der Waals surface area (Å²) >= 11 is 0. The summed E-state index contributed by atoms with van der Waals surface area (Å²) in [5.74, 6) is -1.95. The van der Waals surface area contributed by atoms with Crippen LogP contribution in [0.25, 0.3) is 11.1 Å². The third-order valence-corrected chi connectivity index (χ3v) is 4.26. The Morgan fingerprint density at radius 3 is 2.79 bits per heavy atom. The summed E-state index contributed by atoms with van der Waals surface area (Å²) < 4.78 is 29.2. The van der Waals surface area contributed by atoms with Gasteiger partial charge in [-0.2, -0.15) is 4.98 Å². The quantitative estimate of drug-likeness (QED) is 0.776. The fourth-order valence-electron chi connectivity index (χ4n) is 1.54. The molecule has 19 heavy (non-hydrogen) atoms. The van der Waals surface area contributed by atoms with Crippen LogP contribution in [0.1, 0.15) is 6.92 Å². The van der Waals surface area contributed by atoms with Crippen LogP contribution in [0.4, 0.5) is 5.69 Å². The SMILES string of the molecule is CC(CS(=O)(=O)c1nc2cc(N)ccc2o1)C(N)=O. The molecule has 0 spiro atoms. The maximum absolute atomic E-state index is 12.0. The number of primary amides is 1. The van der Waals surface area contributed by atoms with E-state index in [9.17, 15) is 13.2 Å². The number of oxazole rings is 1. The van der Waals surface area contributed by atoms with Gasteiger partial charge in [-0.25, -0.2) is 8.42 Å². The van der Waals surface area contributed by atoms with Gasteiger partial charge in [0.05, 0.1) is 5.75 Å². The first-order valence-corrected chi connectivity index (χ1v) is 7.13. The van der Waals surface area contributed by atoms with E-state index in [1.54, 1.807) is 6.07 Å². The smallest absolute Gasteiger partial charge is 0.316 e. The van der Waals surface area contributed by atoms with Crippen LogP contribution in [-0.4, -0.2) is 25.1 Å². The van der Waals surface area contributed by atoms with E-state index < -0.39 is 32.6 Å². The van der Waals surface area contributed by atoms with Crippen molar-refractivity contribution < 1.29 is 17.6 Å². The van der Waals surface area contributed by atoms with Gasteiger partial charge in [0, 0.05) is 11.6 Å². The Morgan fingerprint density at radius 2 is 2.16 bits per heavy atom. The Labute approximate surface area is 109 Å². The lowest BCUT2D eigenvalue weighted by Gasteiger charge is -2.04. The Morgan fingerprint density at radius 1 is 1.47 bits per heavy atom. The number of carbonyl (C=O) groups excluding carboxylic acids is 1. The van der Waals surface area contributed by atoms with Crippen LogP contribution in [-0.2, 0) is 14.6 Å². The molecule has 1 amide bonds. The van der Waals surface area contributed by atoms with Crippen LogP contribution in [0, 0.1) is 5.92 Å². The van der Waals surface area contributed by atoms with Crippen molar-refractivity contribution in [2.75, 3.05) is 11.5 Å². The first kappa shape index (κ1) is 13.3. The summed E-state index contributed by atoms with van der Waals surface area (Å²) in [4.78, 5) is 14.8. The summed E-state index contributed by atoms with van der Waals surface area (Å²) in [7, 11) is -3.80. The summed E-state index contributed by atoms with van der Waals surface area (Å²) in [5, 5.41) is -0.429. The van der Waals surface area contributed by atoms with Crippen LogP contribution >= 0.6 is 0 Å². The molecule has 2 aromatic rings. The van der Waals surface area contributed by atoms with Crippen LogP contribution in [0.5, 0.6) is 0 Å². The van der Waals surface area contributed by atoms with Gasteiger partial charge in [-0.1, -0.05) is 6.92 Å². The second kappa shape index (κ2) is 4.54. The maximum atomic E-state index is 12.0. The number of sulfone groups is 1. The highest BCUT2D eigenvalue weighted by atomic mass is 32.2. The van der Waals surface area contributed by atoms with Crippen LogP contribution < -0.4 is 11.5 Å². The zero-order valence-corrected chi connectivity index (χ0v) is 11.0. The second-order valence-electron chi connectivity index (χ2n) is 4.29. The first-order valence-electron chi connectivity index (χ1n) is 5.48. The molecule has 7 nitrogen and oxygen atoms in total. The van der Waals surface area contributed by atoms with Gasteiger partial charge in [0.2, 0.25) is 15.7 Å². The molecule has 1 unspecified atom stereocenters. The van der Waals surface area contributed by atoms with Crippen molar-refractivity contribution in [3.8, 4) is 0 Å². The van der Waals surface area contributed by atoms with Crippen molar-refractivity contribution in [3.05, 3.63) is 18.2 Å². The van der Waals surface area contributed by atoms with Gasteiger partial charge in [0.1, 0.15) is 5.52 Å². The molecule has 1 aromatic heterocycles. The molecule has 0 aliphatic rings. The minimum atomic E-state index is -3.80. The Bertz CT molecular complexity index is 735. The number of rotatable bonds is 4. The highest BCUT2D eigenvalue weighted by Crippen LogP contribution is 2.22. The minimum absolute atomic E-state index is 0.319. The van der Waals surface area contributed by atoms with Gasteiger partial charge >= 0.3 is 5.22 Å². The zero-order valence-electron chi connectivity index (χ0n) is 10.2. The molecule has 4 N–H and O–H groups in total. The number of nitrogens with two attached hydrogens (primary N) is 2. The Kier molecular flexibility index (Phi) is 3.19. The molecule has 1 heterocycles. The third-order valence-electron chi connectivity index (χ3n) is 2.61. The number of hydrogen-bond acceptors (Lipinski definition) is 6. The average Bonchev–Trinajstić information content (AvgIpc) is 2.71. The molecule has 0 saturated heterocycles. The van der Waals surface area contributed by atoms with E-state index in [-0.39, 0.29) is 0 Å². The van der Waals surface area contributed by atoms with Crippen LogP contribution in [0.3, 0.4) is 0 Å². The Hall–Kier alpha value is -2.09. The molecule has 0 saturated carbocycles. The third kappa shape index (κ3) is 2.68. The van der Waals surface area contributed by atoms with Gasteiger partial charge in [-0.15, -0.1) is 0 Å². The number of anilines is 1. The zero-order chi connectivity index (χ0) is 14.2. The lowest BCUT2D eigenvalue weighted by Crippen LogP contribution is -2.27. The number of nitrogens with zero attached hydrogens (tertiary/aromatic N) is 1. The minimum Gasteiger partial charge on any atom is -0.428 e. The predicted molar refractivity (Wildman–Crippen MR) is 68.8 cm³/mol. The van der Waals surface area contributed by atoms with Gasteiger partial charge in [-0.05, 0) is 18.2 Å². The molecular formula is C11H13N3O4S. The first-order chi connectivity index (χ1) is 8.79. The number of benzene rings is 1. The van der Waals surface area contributed by atoms with Crippen molar-refractivity contribution in [1.82, 2.24) is 4.98 Å². The van der Waals surface area contributed by atoms with E-state index in [1.165, 1.54) is 19.1 Å². The van der Waals surface area contributed by atoms with Crippen molar-refractivity contribution in [1.29, 1.82) is 0 Å². The monoisotopic (exact) mass is 283 g/mol. The van der Waals surface area contributed by atoms with E-state index in [2.05, 4.69) is 4.98 Å². The van der Waals surface area contributed by atoms with Crippen molar-refractivity contribution >= 4 is 32.5 Å². The number of carbonyl (C=O) groups is 1. The fraction of sp³-hybridized carbons (Fsp3) is 0.273. The highest BCUT2D eigenvalue weighted by molar-refractivity contribution is 7.91. The van der Waals surface area contributed by atoms with E-state index in [0.717, 1.165) is 0 Å². The van der Waals surface area contributed by atoms with Crippen LogP contribution in [0.2, 0.25) is 0 Å². The number of nitrogen functional groups attached to an aromatic ring is 1. The summed E-state index contributed by atoms with van der Waals surface area (Å²) in [6.45, 7) is 1.43. The van der Waals surface area contributed by atoms with Crippen molar-refractivity contribution in [2.24, 2.45) is 11.7 Å². The molecule has 0 bridgehead atoms. The van der Waals surface area contributed by atoms with E-state index >= 15 is 0 Å². The topological polar surface area (TPSA) is 129 Å². The second-order valence-corrected chi connectivity index (χ2v) is 6.20. The molecule has 102 valence electrons. The number of aromatic nitrogens is 1. The standard InChI is InChI=1S/C11H13N3O4S/c1-6(10(13)15)5-19(16,17)11-14-8-4-7(12)2-3-9(8)18-11/h2-4,6H,5,12H2,1H3,(H2,13,15). The van der Waals surface area contributed by atoms with Crippen molar-refractivity contribution in [2.45, 2.75) is 12.1 Å². The summed E-state index contributed by atoms with van der Waals surface area (Å²) in [6.07, 6.45) is 0. The van der Waals surface area contributed by atoms with E-state index in [4.69, 9.17) is 15.9 Å². The average molecular weight is 283 g/mol. The molecular weight excluding hydrogens is 270 g/mol. The van der Waals surface area contributed by atoms with Crippen LogP contribution in [0.15, 0.2) is 27.8 Å². The fourth-order valence-corrected chi connectivity index (χ4v) is 2.96. The lowest BCUT2D eigenvalue weighted by molar-refractivity contribution is -0.120. The number of fused-ring (bicyclic) bond motifs is 1. The molecule has 1 aromatic carbocycles. The van der Waals surface area contributed by atoms with Gasteiger partial charge < -0.3 is 15.9 Å². The molecule has 0 fully saturated rings. The normalized spacial score (nSPS) is 13.5. The summed E-state index contributed by atoms with van der Waals surface area (Å²) in [6, 6.07) is 4.62. The molecule has 0 aliphatic heterocycles. The summed E-state index contributed by atoms with van der Waals surface area (Å²) in [5.41, 5.74) is 11.7. The number of amides is 1. The molecule has 0 radical (unpaired) electrons. The molecule has 1 atom stereocenters. The molecule has 2 rings (SSSR count). The Balaban J connectivity index is 2.40.